The summed E-state index contributed by atoms with van der Waals surface area (Å²) >= 11 is 0. The molecule has 5 nitrogen and oxygen atoms in total. The van der Waals surface area contributed by atoms with Gasteiger partial charge in [0.15, 0.2) is 0 Å². The van der Waals surface area contributed by atoms with Gasteiger partial charge in [0.2, 0.25) is 0 Å². The van der Waals surface area contributed by atoms with E-state index in [1.807, 2.05) is 0 Å². The van der Waals surface area contributed by atoms with E-state index in [1.165, 1.54) is 0 Å². The fourth-order valence-corrected chi connectivity index (χ4v) is 1.46. The zero-order chi connectivity index (χ0) is 12.9. The highest BCUT2D eigenvalue weighted by Gasteiger charge is 2.12. The topological polar surface area (TPSA) is 57.5 Å². The van der Waals surface area contributed by atoms with Gasteiger partial charge >= 0.3 is 0 Å². The Morgan fingerprint density at radius 1 is 1.24 bits per heavy atom. The maximum atomic E-state index is 9.05. The molecule has 0 aromatic carbocycles. The zero-order valence-electron chi connectivity index (χ0n) is 11.2. The van der Waals surface area contributed by atoms with Gasteiger partial charge in [0.1, 0.15) is 6.04 Å². The van der Waals surface area contributed by atoms with E-state index in [9.17, 15) is 0 Å². The molecule has 0 radical (unpaired) electrons. The van der Waals surface area contributed by atoms with E-state index >= 15 is 0 Å². The van der Waals surface area contributed by atoms with Crippen LogP contribution in [0, 0.1) is 11.3 Å². The van der Waals surface area contributed by atoms with Crippen LogP contribution in [0.2, 0.25) is 0 Å². The first-order valence-corrected chi connectivity index (χ1v) is 6.11. The van der Waals surface area contributed by atoms with E-state index in [4.69, 9.17) is 14.7 Å². The van der Waals surface area contributed by atoms with Crippen molar-refractivity contribution in [2.75, 3.05) is 53.6 Å². The molecule has 0 aliphatic heterocycles. The molecule has 0 aromatic rings. The largest absolute Gasteiger partial charge is 0.383 e. The molecule has 1 N–H and O–H groups in total. The Morgan fingerprint density at radius 3 is 2.24 bits per heavy atom. The number of ether oxygens (including phenoxy) is 2. The number of methoxy groups -OCH3 is 2. The smallest absolute Gasteiger partial charge is 0.108 e. The first-order valence-electron chi connectivity index (χ1n) is 6.11. The molecule has 0 saturated carbocycles. The molecular weight excluding hydrogens is 218 g/mol. The van der Waals surface area contributed by atoms with Gasteiger partial charge in [-0.05, 0) is 13.0 Å². The highest BCUT2D eigenvalue weighted by Crippen LogP contribution is 1.94. The first-order chi connectivity index (χ1) is 8.28. The number of nitrogens with one attached hydrogen (secondary N) is 1. The van der Waals surface area contributed by atoms with Crippen molar-refractivity contribution in [3.63, 3.8) is 0 Å². The van der Waals surface area contributed by atoms with Crippen LogP contribution < -0.4 is 5.32 Å². The average molecular weight is 243 g/mol. The lowest BCUT2D eigenvalue weighted by molar-refractivity contribution is 0.111. The van der Waals surface area contributed by atoms with Gasteiger partial charge in [-0.25, -0.2) is 0 Å². The summed E-state index contributed by atoms with van der Waals surface area (Å²) in [6, 6.07) is 2.16. The van der Waals surface area contributed by atoms with E-state index in [0.29, 0.717) is 19.8 Å². The van der Waals surface area contributed by atoms with Crippen molar-refractivity contribution >= 4 is 0 Å². The molecule has 0 spiro atoms. The first kappa shape index (κ1) is 16.3. The minimum atomic E-state index is -0.122. The lowest BCUT2D eigenvalue weighted by Gasteiger charge is -2.24. The van der Waals surface area contributed by atoms with Crippen molar-refractivity contribution in [1.29, 1.82) is 5.26 Å². The van der Waals surface area contributed by atoms with Crippen molar-refractivity contribution in [3.8, 4) is 6.07 Å². The van der Waals surface area contributed by atoms with Crippen LogP contribution in [0.3, 0.4) is 0 Å². The van der Waals surface area contributed by atoms with Crippen molar-refractivity contribution < 1.29 is 9.47 Å². The SMILES string of the molecule is CCCNC(C#N)CN(CCOC)CCOC. The molecule has 0 aliphatic carbocycles. The molecule has 1 unspecified atom stereocenters. The van der Waals surface area contributed by atoms with Crippen molar-refractivity contribution in [3.05, 3.63) is 0 Å². The van der Waals surface area contributed by atoms with Crippen molar-refractivity contribution in [2.24, 2.45) is 0 Å². The van der Waals surface area contributed by atoms with Crippen molar-refractivity contribution in [1.82, 2.24) is 10.2 Å². The van der Waals surface area contributed by atoms with Crippen LogP contribution in [0.25, 0.3) is 0 Å². The second-order valence-electron chi connectivity index (χ2n) is 3.92. The summed E-state index contributed by atoms with van der Waals surface area (Å²) in [4.78, 5) is 2.18. The molecule has 0 rings (SSSR count). The molecule has 17 heavy (non-hydrogen) atoms. The fourth-order valence-electron chi connectivity index (χ4n) is 1.46. The fraction of sp³-hybridized carbons (Fsp3) is 0.917. The van der Waals surface area contributed by atoms with Gasteiger partial charge < -0.3 is 14.8 Å². The standard InChI is InChI=1S/C12H25N3O2/c1-4-5-14-12(10-13)11-15(6-8-16-2)7-9-17-3/h12,14H,4-9,11H2,1-3H3. The van der Waals surface area contributed by atoms with Crippen LogP contribution in [0.1, 0.15) is 13.3 Å². The molecule has 0 fully saturated rings. The molecule has 0 amide bonds. The van der Waals surface area contributed by atoms with Gasteiger partial charge in [0.25, 0.3) is 0 Å². The number of hydrogen-bond acceptors (Lipinski definition) is 5. The monoisotopic (exact) mass is 243 g/mol. The van der Waals surface area contributed by atoms with Gasteiger partial charge in [0, 0.05) is 33.9 Å². The zero-order valence-corrected chi connectivity index (χ0v) is 11.2. The average Bonchev–Trinajstić information content (AvgIpc) is 2.36. The van der Waals surface area contributed by atoms with Crippen molar-refractivity contribution in [2.45, 2.75) is 19.4 Å². The molecule has 100 valence electrons. The highest BCUT2D eigenvalue weighted by atomic mass is 16.5. The Balaban J connectivity index is 4.03. The lowest BCUT2D eigenvalue weighted by atomic mass is 10.2. The Bertz CT molecular complexity index is 198. The molecule has 0 heterocycles. The molecular formula is C12H25N3O2. The maximum absolute atomic E-state index is 9.05. The van der Waals surface area contributed by atoms with Crippen LogP contribution >= 0.6 is 0 Å². The summed E-state index contributed by atoms with van der Waals surface area (Å²) in [5.74, 6) is 0. The summed E-state index contributed by atoms with van der Waals surface area (Å²) in [5.41, 5.74) is 0. The van der Waals surface area contributed by atoms with Gasteiger partial charge in [-0.1, -0.05) is 6.92 Å². The number of nitriles is 1. The number of rotatable bonds is 11. The predicted molar refractivity (Wildman–Crippen MR) is 67.9 cm³/mol. The van der Waals surface area contributed by atoms with Crippen LogP contribution in [-0.2, 0) is 9.47 Å². The van der Waals surface area contributed by atoms with E-state index in [2.05, 4.69) is 23.2 Å². The second-order valence-corrected chi connectivity index (χ2v) is 3.92. The Labute approximate surface area is 105 Å². The van der Waals surface area contributed by atoms with Crippen LogP contribution in [0.5, 0.6) is 0 Å². The van der Waals surface area contributed by atoms with E-state index < -0.39 is 0 Å². The molecule has 0 saturated heterocycles. The molecule has 5 heteroatoms. The third-order valence-electron chi connectivity index (χ3n) is 2.46. The van der Waals surface area contributed by atoms with Crippen LogP contribution in [0.15, 0.2) is 0 Å². The Morgan fingerprint density at radius 2 is 1.82 bits per heavy atom. The van der Waals surface area contributed by atoms with E-state index in [-0.39, 0.29) is 6.04 Å². The predicted octanol–water partition coefficient (Wildman–Crippen LogP) is 0.473. The van der Waals surface area contributed by atoms with E-state index in [0.717, 1.165) is 26.1 Å². The van der Waals surface area contributed by atoms with Crippen LogP contribution in [-0.4, -0.2) is 64.6 Å². The summed E-state index contributed by atoms with van der Waals surface area (Å²) in [6.07, 6.45) is 1.04. The maximum Gasteiger partial charge on any atom is 0.108 e. The summed E-state index contributed by atoms with van der Waals surface area (Å²) in [6.45, 7) is 6.68. The third-order valence-corrected chi connectivity index (χ3v) is 2.46. The summed E-state index contributed by atoms with van der Waals surface area (Å²) in [7, 11) is 3.37. The van der Waals surface area contributed by atoms with Gasteiger partial charge in [0.05, 0.1) is 19.3 Å². The third kappa shape index (κ3) is 9.07. The molecule has 0 aromatic heterocycles. The van der Waals surface area contributed by atoms with E-state index in [1.54, 1.807) is 14.2 Å². The quantitative estimate of drug-likeness (QED) is 0.572. The number of nitrogens with zero attached hydrogens (tertiary/aromatic N) is 2. The van der Waals surface area contributed by atoms with Gasteiger partial charge in [-0.2, -0.15) is 5.26 Å². The minimum Gasteiger partial charge on any atom is -0.383 e. The molecule has 0 bridgehead atoms. The van der Waals surface area contributed by atoms with Crippen LogP contribution in [0.4, 0.5) is 0 Å². The Hall–Kier alpha value is -0.670. The normalized spacial score (nSPS) is 12.6. The number of hydrogen-bond donors (Lipinski definition) is 1. The molecule has 0 aliphatic rings. The van der Waals surface area contributed by atoms with Gasteiger partial charge in [-0.3, -0.25) is 4.90 Å². The summed E-state index contributed by atoms with van der Waals surface area (Å²) in [5, 5.41) is 12.3. The second kappa shape index (κ2) is 11.8. The highest BCUT2D eigenvalue weighted by molar-refractivity contribution is 4.91. The minimum absolute atomic E-state index is 0.122. The Kier molecular flexibility index (Phi) is 11.3. The summed E-state index contributed by atoms with van der Waals surface area (Å²) < 4.78 is 10.1. The van der Waals surface area contributed by atoms with Gasteiger partial charge in [-0.15, -0.1) is 0 Å². The lowest BCUT2D eigenvalue weighted by Crippen LogP contribution is -2.43. The molecule has 1 atom stereocenters.